The lowest BCUT2D eigenvalue weighted by Crippen LogP contribution is -2.16. The highest BCUT2D eigenvalue weighted by Crippen LogP contribution is 2.29. The SMILES string of the molecule is CC1=C(C(Cl)=NC2CC/C=C\C(C)CCCCCCCC(C)C(=N)CC2)SCCO1. The summed E-state index contributed by atoms with van der Waals surface area (Å²) in [5.41, 5.74) is 0.880. The van der Waals surface area contributed by atoms with E-state index >= 15 is 0 Å². The molecule has 1 aliphatic carbocycles. The van der Waals surface area contributed by atoms with Crippen molar-refractivity contribution < 1.29 is 4.74 Å². The van der Waals surface area contributed by atoms with Crippen molar-refractivity contribution in [3.63, 3.8) is 0 Å². The fourth-order valence-corrected chi connectivity index (χ4v) is 5.35. The number of halogens is 1. The van der Waals surface area contributed by atoms with E-state index in [9.17, 15) is 0 Å². The lowest BCUT2D eigenvalue weighted by molar-refractivity contribution is 0.231. The van der Waals surface area contributed by atoms with E-state index in [1.54, 1.807) is 11.8 Å². The molecule has 0 bridgehead atoms. The van der Waals surface area contributed by atoms with Crippen LogP contribution in [-0.2, 0) is 4.74 Å². The van der Waals surface area contributed by atoms with Gasteiger partial charge in [0.15, 0.2) is 0 Å². The summed E-state index contributed by atoms with van der Waals surface area (Å²) < 4.78 is 5.66. The van der Waals surface area contributed by atoms with Crippen molar-refractivity contribution in [1.82, 2.24) is 0 Å². The zero-order valence-electron chi connectivity index (χ0n) is 19.2. The molecule has 0 radical (unpaired) electrons. The normalized spacial score (nSPS) is 30.5. The molecule has 2 rings (SSSR count). The minimum Gasteiger partial charge on any atom is -0.496 e. The van der Waals surface area contributed by atoms with Crippen molar-refractivity contribution in [2.45, 2.75) is 97.4 Å². The zero-order valence-corrected chi connectivity index (χ0v) is 20.8. The van der Waals surface area contributed by atoms with Gasteiger partial charge in [0, 0.05) is 11.5 Å². The van der Waals surface area contributed by atoms with Gasteiger partial charge < -0.3 is 10.1 Å². The summed E-state index contributed by atoms with van der Waals surface area (Å²) >= 11 is 8.37. The van der Waals surface area contributed by atoms with Gasteiger partial charge in [-0.15, -0.1) is 11.8 Å². The lowest BCUT2D eigenvalue weighted by atomic mass is 9.93. The van der Waals surface area contributed by atoms with E-state index < -0.39 is 0 Å². The van der Waals surface area contributed by atoms with Gasteiger partial charge in [-0.1, -0.05) is 69.7 Å². The van der Waals surface area contributed by atoms with Crippen LogP contribution in [0.1, 0.15) is 91.4 Å². The number of nitrogens with zero attached hydrogens (tertiary/aromatic N) is 1. The third-order valence-corrected chi connectivity index (χ3v) is 7.76. The van der Waals surface area contributed by atoms with E-state index in [0.29, 0.717) is 17.0 Å². The molecule has 0 saturated carbocycles. The van der Waals surface area contributed by atoms with Crippen LogP contribution in [0.3, 0.4) is 0 Å². The number of ether oxygens (including phenoxy) is 1. The van der Waals surface area contributed by atoms with E-state index in [4.69, 9.17) is 26.7 Å². The van der Waals surface area contributed by atoms with E-state index in [1.807, 2.05) is 6.92 Å². The maximum absolute atomic E-state index is 8.54. The molecule has 1 N–H and O–H groups in total. The van der Waals surface area contributed by atoms with Crippen molar-refractivity contribution in [2.24, 2.45) is 16.8 Å². The molecule has 0 aromatic carbocycles. The van der Waals surface area contributed by atoms with E-state index in [-0.39, 0.29) is 6.04 Å². The first kappa shape index (κ1) is 25.5. The highest BCUT2D eigenvalue weighted by atomic mass is 35.5. The Morgan fingerprint density at radius 3 is 2.60 bits per heavy atom. The van der Waals surface area contributed by atoms with Gasteiger partial charge >= 0.3 is 0 Å². The molecule has 1 aliphatic heterocycles. The minimum absolute atomic E-state index is 0.156. The first-order valence-corrected chi connectivity index (χ1v) is 13.3. The Bertz CT molecular complexity index is 629. The number of thioether (sulfide) groups is 1. The Balaban J connectivity index is 2.06. The average Bonchev–Trinajstić information content (AvgIpc) is 2.73. The Hall–Kier alpha value is -0.740. The molecule has 0 aromatic heterocycles. The van der Waals surface area contributed by atoms with E-state index in [0.717, 1.165) is 60.8 Å². The molecule has 30 heavy (non-hydrogen) atoms. The fourth-order valence-electron chi connectivity index (χ4n) is 4.11. The Morgan fingerprint density at radius 2 is 1.83 bits per heavy atom. The van der Waals surface area contributed by atoms with Crippen LogP contribution in [-0.4, -0.2) is 29.3 Å². The van der Waals surface area contributed by atoms with Crippen LogP contribution < -0.4 is 0 Å². The Labute approximate surface area is 193 Å². The van der Waals surface area contributed by atoms with Crippen molar-refractivity contribution in [3.8, 4) is 0 Å². The summed E-state index contributed by atoms with van der Waals surface area (Å²) in [6, 6.07) is 0.156. The zero-order chi connectivity index (χ0) is 21.8. The Morgan fingerprint density at radius 1 is 1.10 bits per heavy atom. The van der Waals surface area contributed by atoms with Gasteiger partial charge in [-0.3, -0.25) is 4.99 Å². The van der Waals surface area contributed by atoms with E-state index in [1.165, 1.54) is 38.5 Å². The number of hydrogen-bond acceptors (Lipinski definition) is 4. The van der Waals surface area contributed by atoms with Gasteiger partial charge in [-0.05, 0) is 57.3 Å². The van der Waals surface area contributed by atoms with Crippen LogP contribution in [0.2, 0.25) is 0 Å². The molecule has 3 nitrogen and oxygen atoms in total. The number of aliphatic imine (C=N–C) groups is 1. The summed E-state index contributed by atoms with van der Waals surface area (Å²) in [4.78, 5) is 5.88. The highest BCUT2D eigenvalue weighted by molar-refractivity contribution is 8.04. The molecule has 3 unspecified atom stereocenters. The standard InChI is InChI=1S/C25H41ClN2OS/c1-19-11-7-5-4-6-8-13-20(2)23(27)16-15-22(14-10-9-12-19)28-25(26)24-21(3)29-17-18-30-24/h9,12,19-20,22,27H,4-8,10-11,13-18H2,1-3H3/b12-9-,27-23?,28-25?. The van der Waals surface area contributed by atoms with Gasteiger partial charge in [-0.2, -0.15) is 0 Å². The summed E-state index contributed by atoms with van der Waals surface area (Å²) in [6.45, 7) is 7.26. The van der Waals surface area contributed by atoms with Crippen LogP contribution in [0.4, 0.5) is 0 Å². The fraction of sp³-hybridized carbons (Fsp3) is 0.760. The minimum atomic E-state index is 0.156. The summed E-state index contributed by atoms with van der Waals surface area (Å²) in [7, 11) is 0. The summed E-state index contributed by atoms with van der Waals surface area (Å²) in [6.07, 6.45) is 17.4. The second kappa shape index (κ2) is 14.3. The smallest absolute Gasteiger partial charge is 0.141 e. The summed E-state index contributed by atoms with van der Waals surface area (Å²) in [5.74, 6) is 2.85. The van der Waals surface area contributed by atoms with Crippen molar-refractivity contribution in [3.05, 3.63) is 22.8 Å². The third kappa shape index (κ3) is 9.60. The van der Waals surface area contributed by atoms with Crippen LogP contribution >= 0.6 is 23.4 Å². The molecule has 3 atom stereocenters. The largest absolute Gasteiger partial charge is 0.496 e. The second-order valence-electron chi connectivity index (χ2n) is 8.95. The van der Waals surface area contributed by atoms with Crippen molar-refractivity contribution in [1.29, 1.82) is 5.41 Å². The average molecular weight is 453 g/mol. The highest BCUT2D eigenvalue weighted by Gasteiger charge is 2.18. The molecule has 1 heterocycles. The molecule has 0 aromatic rings. The number of allylic oxidation sites excluding steroid dienone is 4. The van der Waals surface area contributed by atoms with Crippen LogP contribution in [0.25, 0.3) is 0 Å². The second-order valence-corrected chi connectivity index (χ2v) is 10.4. The molecular formula is C25H41ClN2OS. The molecule has 0 amide bonds. The number of hydrogen-bond donors (Lipinski definition) is 1. The molecule has 0 fully saturated rings. The van der Waals surface area contributed by atoms with Gasteiger partial charge in [0.2, 0.25) is 0 Å². The maximum atomic E-state index is 8.54. The first-order chi connectivity index (χ1) is 14.5. The molecule has 0 saturated heterocycles. The van der Waals surface area contributed by atoms with Gasteiger partial charge in [0.1, 0.15) is 10.9 Å². The molecule has 0 spiro atoms. The van der Waals surface area contributed by atoms with Crippen LogP contribution in [0, 0.1) is 17.2 Å². The van der Waals surface area contributed by atoms with E-state index in [2.05, 4.69) is 26.0 Å². The maximum Gasteiger partial charge on any atom is 0.141 e. The first-order valence-electron chi connectivity index (χ1n) is 11.9. The van der Waals surface area contributed by atoms with Crippen LogP contribution in [0.15, 0.2) is 27.8 Å². The molecule has 5 heteroatoms. The molecule has 170 valence electrons. The monoisotopic (exact) mass is 452 g/mol. The lowest BCUT2D eigenvalue weighted by Gasteiger charge is -2.19. The molecule has 2 aliphatic rings. The van der Waals surface area contributed by atoms with Gasteiger partial charge in [0.05, 0.1) is 17.6 Å². The van der Waals surface area contributed by atoms with Gasteiger partial charge in [0.25, 0.3) is 0 Å². The van der Waals surface area contributed by atoms with Gasteiger partial charge in [-0.25, -0.2) is 0 Å². The quantitative estimate of drug-likeness (QED) is 0.339. The third-order valence-electron chi connectivity index (χ3n) is 6.22. The Kier molecular flexibility index (Phi) is 12.2. The number of rotatable bonds is 2. The predicted octanol–water partition coefficient (Wildman–Crippen LogP) is 8.14. The number of nitrogens with one attached hydrogen (secondary N) is 1. The van der Waals surface area contributed by atoms with Crippen LogP contribution in [0.5, 0.6) is 0 Å². The summed E-state index contributed by atoms with van der Waals surface area (Å²) in [5, 5.41) is 9.12. The topological polar surface area (TPSA) is 45.4 Å². The van der Waals surface area contributed by atoms with Crippen molar-refractivity contribution >= 4 is 34.2 Å². The predicted molar refractivity (Wildman–Crippen MR) is 134 cm³/mol. The van der Waals surface area contributed by atoms with Crippen molar-refractivity contribution in [2.75, 3.05) is 12.4 Å². The molecular weight excluding hydrogens is 412 g/mol.